The van der Waals surface area contributed by atoms with Crippen molar-refractivity contribution in [1.82, 2.24) is 0 Å². The zero-order valence-corrected chi connectivity index (χ0v) is 10.2. The standard InChI is InChI=1S/C13H20O2/c1-13(2,3)12(15-5)10-8-6-7-9-11(10)14-4/h6-9,12H,1-5H3. The highest BCUT2D eigenvalue weighted by Crippen LogP contribution is 2.39. The third-order valence-corrected chi connectivity index (χ3v) is 2.44. The van der Waals surface area contributed by atoms with E-state index < -0.39 is 0 Å². The van der Waals surface area contributed by atoms with Crippen LogP contribution < -0.4 is 4.74 Å². The molecule has 0 aliphatic rings. The normalized spacial score (nSPS) is 13.7. The number of rotatable bonds is 3. The van der Waals surface area contributed by atoms with Gasteiger partial charge in [-0.15, -0.1) is 0 Å². The maximum Gasteiger partial charge on any atom is 0.124 e. The molecule has 0 bridgehead atoms. The highest BCUT2D eigenvalue weighted by Gasteiger charge is 2.28. The van der Waals surface area contributed by atoms with Crippen LogP contribution in [-0.4, -0.2) is 14.2 Å². The number of hydrogen-bond acceptors (Lipinski definition) is 2. The topological polar surface area (TPSA) is 18.5 Å². The molecule has 0 fully saturated rings. The van der Waals surface area contributed by atoms with Crippen LogP contribution in [0.5, 0.6) is 5.75 Å². The van der Waals surface area contributed by atoms with Gasteiger partial charge in [-0.05, 0) is 11.5 Å². The van der Waals surface area contributed by atoms with Crippen molar-refractivity contribution in [2.75, 3.05) is 14.2 Å². The molecule has 0 saturated heterocycles. The Morgan fingerprint density at radius 1 is 1.07 bits per heavy atom. The number of ether oxygens (including phenoxy) is 2. The Balaban J connectivity index is 3.12. The van der Waals surface area contributed by atoms with Crippen molar-refractivity contribution in [3.63, 3.8) is 0 Å². The van der Waals surface area contributed by atoms with Gasteiger partial charge in [0.2, 0.25) is 0 Å². The van der Waals surface area contributed by atoms with Crippen LogP contribution in [0.4, 0.5) is 0 Å². The smallest absolute Gasteiger partial charge is 0.124 e. The van der Waals surface area contributed by atoms with E-state index in [1.165, 1.54) is 0 Å². The lowest BCUT2D eigenvalue weighted by Gasteiger charge is -2.30. The highest BCUT2D eigenvalue weighted by atomic mass is 16.5. The molecular formula is C13H20O2. The predicted octanol–water partition coefficient (Wildman–Crippen LogP) is 3.43. The maximum absolute atomic E-state index is 5.56. The molecule has 1 aromatic rings. The van der Waals surface area contributed by atoms with E-state index in [4.69, 9.17) is 9.47 Å². The second-order valence-electron chi connectivity index (χ2n) is 4.72. The van der Waals surface area contributed by atoms with E-state index in [9.17, 15) is 0 Å². The van der Waals surface area contributed by atoms with Gasteiger partial charge in [0, 0.05) is 12.7 Å². The quantitative estimate of drug-likeness (QED) is 0.757. The van der Waals surface area contributed by atoms with E-state index in [0.717, 1.165) is 11.3 Å². The average Bonchev–Trinajstić information content (AvgIpc) is 2.17. The third-order valence-electron chi connectivity index (χ3n) is 2.44. The summed E-state index contributed by atoms with van der Waals surface area (Å²) in [6.45, 7) is 6.48. The SMILES string of the molecule is COc1ccccc1C(OC)C(C)(C)C. The first-order valence-corrected chi connectivity index (χ1v) is 5.16. The van der Waals surface area contributed by atoms with Crippen LogP contribution in [0, 0.1) is 5.41 Å². The molecule has 2 nitrogen and oxygen atoms in total. The fourth-order valence-electron chi connectivity index (χ4n) is 1.83. The van der Waals surface area contributed by atoms with Gasteiger partial charge in [0.1, 0.15) is 5.75 Å². The Labute approximate surface area is 92.2 Å². The molecule has 1 rings (SSSR count). The molecule has 0 spiro atoms. The van der Waals surface area contributed by atoms with Gasteiger partial charge in [-0.3, -0.25) is 0 Å². The first-order chi connectivity index (χ1) is 7.00. The van der Waals surface area contributed by atoms with Gasteiger partial charge in [-0.1, -0.05) is 39.0 Å². The van der Waals surface area contributed by atoms with Crippen molar-refractivity contribution in [3.05, 3.63) is 29.8 Å². The maximum atomic E-state index is 5.56. The predicted molar refractivity (Wildman–Crippen MR) is 62.2 cm³/mol. The number of methoxy groups -OCH3 is 2. The number of benzene rings is 1. The summed E-state index contributed by atoms with van der Waals surface area (Å²) in [6.07, 6.45) is 0.0497. The van der Waals surface area contributed by atoms with Gasteiger partial charge in [-0.2, -0.15) is 0 Å². The Bertz CT molecular complexity index is 313. The van der Waals surface area contributed by atoms with Crippen molar-refractivity contribution < 1.29 is 9.47 Å². The van der Waals surface area contributed by atoms with Crippen LogP contribution in [0.2, 0.25) is 0 Å². The zero-order chi connectivity index (χ0) is 11.5. The summed E-state index contributed by atoms with van der Waals surface area (Å²) in [5.41, 5.74) is 1.17. The molecule has 0 radical (unpaired) electrons. The van der Waals surface area contributed by atoms with E-state index in [0.29, 0.717) is 0 Å². The first kappa shape index (κ1) is 12.1. The molecule has 0 saturated carbocycles. The van der Waals surface area contributed by atoms with Crippen LogP contribution in [0.15, 0.2) is 24.3 Å². The van der Waals surface area contributed by atoms with Crippen molar-refractivity contribution in [2.45, 2.75) is 26.9 Å². The van der Waals surface area contributed by atoms with Crippen molar-refractivity contribution in [3.8, 4) is 5.75 Å². The summed E-state index contributed by atoms with van der Waals surface area (Å²) < 4.78 is 10.9. The second kappa shape index (κ2) is 4.67. The molecule has 15 heavy (non-hydrogen) atoms. The molecule has 0 N–H and O–H groups in total. The molecule has 1 unspecified atom stereocenters. The lowest BCUT2D eigenvalue weighted by Crippen LogP contribution is -2.20. The first-order valence-electron chi connectivity index (χ1n) is 5.16. The van der Waals surface area contributed by atoms with E-state index >= 15 is 0 Å². The van der Waals surface area contributed by atoms with Gasteiger partial charge in [-0.25, -0.2) is 0 Å². The van der Waals surface area contributed by atoms with E-state index in [1.807, 2.05) is 18.2 Å². The van der Waals surface area contributed by atoms with Gasteiger partial charge in [0.25, 0.3) is 0 Å². The highest BCUT2D eigenvalue weighted by molar-refractivity contribution is 5.35. The van der Waals surface area contributed by atoms with E-state index in [2.05, 4.69) is 26.8 Å². The molecule has 0 aliphatic heterocycles. The molecule has 0 amide bonds. The summed E-state index contributed by atoms with van der Waals surface area (Å²) in [6, 6.07) is 8.00. The van der Waals surface area contributed by atoms with Gasteiger partial charge in [0.15, 0.2) is 0 Å². The largest absolute Gasteiger partial charge is 0.496 e. The fourth-order valence-corrected chi connectivity index (χ4v) is 1.83. The summed E-state index contributed by atoms with van der Waals surface area (Å²) >= 11 is 0. The van der Waals surface area contributed by atoms with Crippen LogP contribution in [0.1, 0.15) is 32.4 Å². The minimum Gasteiger partial charge on any atom is -0.496 e. The Kier molecular flexibility index (Phi) is 3.75. The van der Waals surface area contributed by atoms with Crippen LogP contribution >= 0.6 is 0 Å². The molecule has 84 valence electrons. The number of hydrogen-bond donors (Lipinski definition) is 0. The lowest BCUT2D eigenvalue weighted by atomic mass is 9.84. The number of para-hydroxylation sites is 1. The van der Waals surface area contributed by atoms with Crippen molar-refractivity contribution in [2.24, 2.45) is 5.41 Å². The Morgan fingerprint density at radius 3 is 2.13 bits per heavy atom. The van der Waals surface area contributed by atoms with Crippen molar-refractivity contribution >= 4 is 0 Å². The summed E-state index contributed by atoms with van der Waals surface area (Å²) in [7, 11) is 3.43. The minimum atomic E-state index is 0.0497. The van der Waals surface area contributed by atoms with Crippen LogP contribution in [-0.2, 0) is 4.74 Å². The monoisotopic (exact) mass is 208 g/mol. The Hall–Kier alpha value is -1.02. The molecule has 0 heterocycles. The third kappa shape index (κ3) is 2.72. The van der Waals surface area contributed by atoms with Crippen molar-refractivity contribution in [1.29, 1.82) is 0 Å². The summed E-state index contributed by atoms with van der Waals surface area (Å²) in [5.74, 6) is 0.888. The van der Waals surface area contributed by atoms with Gasteiger partial charge in [0.05, 0.1) is 13.2 Å². The molecule has 1 aromatic carbocycles. The molecule has 1 atom stereocenters. The zero-order valence-electron chi connectivity index (χ0n) is 10.2. The minimum absolute atomic E-state index is 0.0497. The lowest BCUT2D eigenvalue weighted by molar-refractivity contribution is 0.0135. The fraction of sp³-hybridized carbons (Fsp3) is 0.538. The van der Waals surface area contributed by atoms with E-state index in [1.54, 1.807) is 14.2 Å². The average molecular weight is 208 g/mol. The Morgan fingerprint density at radius 2 is 1.67 bits per heavy atom. The molecule has 0 aromatic heterocycles. The summed E-state index contributed by atoms with van der Waals surface area (Å²) in [5, 5.41) is 0. The van der Waals surface area contributed by atoms with E-state index in [-0.39, 0.29) is 11.5 Å². The molecular weight excluding hydrogens is 188 g/mol. The molecule has 0 aliphatic carbocycles. The molecule has 2 heteroatoms. The second-order valence-corrected chi connectivity index (χ2v) is 4.72. The summed E-state index contributed by atoms with van der Waals surface area (Å²) in [4.78, 5) is 0. The van der Waals surface area contributed by atoms with Crippen LogP contribution in [0.3, 0.4) is 0 Å². The van der Waals surface area contributed by atoms with Crippen LogP contribution in [0.25, 0.3) is 0 Å². The van der Waals surface area contributed by atoms with Gasteiger partial charge < -0.3 is 9.47 Å². The van der Waals surface area contributed by atoms with Gasteiger partial charge >= 0.3 is 0 Å².